The molecule has 0 N–H and O–H groups in total. The van der Waals surface area contributed by atoms with Gasteiger partial charge in [-0.05, 0) is 30.7 Å². The molecule has 0 fully saturated rings. The Balaban J connectivity index is 2.42. The maximum absolute atomic E-state index is 11.8. The third-order valence-corrected chi connectivity index (χ3v) is 3.03. The molecule has 1 amide bonds. The van der Waals surface area contributed by atoms with Gasteiger partial charge in [-0.1, -0.05) is 6.58 Å². The van der Waals surface area contributed by atoms with Crippen LogP contribution in [0.15, 0.2) is 24.9 Å². The van der Waals surface area contributed by atoms with Gasteiger partial charge in [0, 0.05) is 11.8 Å². The van der Waals surface area contributed by atoms with Gasteiger partial charge in [0.25, 0.3) is 0 Å². The van der Waals surface area contributed by atoms with E-state index < -0.39 is 6.09 Å². The van der Waals surface area contributed by atoms with E-state index in [0.717, 1.165) is 11.1 Å². The zero-order valence-electron chi connectivity index (χ0n) is 11.8. The average molecular weight is 275 g/mol. The molecule has 1 aliphatic rings. The van der Waals surface area contributed by atoms with Crippen LogP contribution in [-0.2, 0) is 4.74 Å². The molecule has 0 aromatic heterocycles. The average Bonchev–Trinajstić information content (AvgIpc) is 2.46. The normalized spacial score (nSPS) is 12.9. The van der Waals surface area contributed by atoms with Crippen LogP contribution in [0.2, 0.25) is 0 Å². The molecule has 0 aliphatic carbocycles. The quantitative estimate of drug-likeness (QED) is 0.850. The fraction of sp³-hybridized carbons (Fsp3) is 0.267. The number of hydrogen-bond acceptors (Lipinski definition) is 4. The topological polar surface area (TPSA) is 48.0 Å². The van der Waals surface area contributed by atoms with Gasteiger partial charge >= 0.3 is 6.09 Å². The molecule has 20 heavy (non-hydrogen) atoms. The summed E-state index contributed by atoms with van der Waals surface area (Å²) in [5, 5.41) is 0. The molecule has 0 saturated carbocycles. The van der Waals surface area contributed by atoms with Crippen molar-refractivity contribution in [2.45, 2.75) is 6.92 Å². The van der Waals surface area contributed by atoms with Crippen molar-refractivity contribution in [3.63, 3.8) is 0 Å². The Morgan fingerprint density at radius 3 is 2.50 bits per heavy atom. The largest absolute Gasteiger partial charge is 0.493 e. The number of carbonyl (C=O) groups is 1. The van der Waals surface area contributed by atoms with Gasteiger partial charge in [-0.25, -0.2) is 4.79 Å². The molecule has 106 valence electrons. The van der Waals surface area contributed by atoms with Crippen molar-refractivity contribution in [2.75, 3.05) is 20.8 Å². The number of hydrogen-bond donors (Lipinski definition) is 0. The number of methoxy groups -OCH3 is 2. The third kappa shape index (κ3) is 2.34. The van der Waals surface area contributed by atoms with Crippen LogP contribution in [0, 0.1) is 0 Å². The Morgan fingerprint density at radius 2 is 1.90 bits per heavy atom. The van der Waals surface area contributed by atoms with Crippen LogP contribution in [0.5, 0.6) is 11.5 Å². The Hall–Kier alpha value is -2.43. The van der Waals surface area contributed by atoms with Crippen LogP contribution in [0.1, 0.15) is 18.1 Å². The first kappa shape index (κ1) is 14.0. The van der Waals surface area contributed by atoms with Gasteiger partial charge in [0.1, 0.15) is 0 Å². The van der Waals surface area contributed by atoms with Crippen molar-refractivity contribution in [2.24, 2.45) is 0 Å². The number of nitrogens with zero attached hydrogens (tertiary/aromatic N) is 1. The van der Waals surface area contributed by atoms with Gasteiger partial charge in [0.05, 0.1) is 26.5 Å². The van der Waals surface area contributed by atoms with Gasteiger partial charge < -0.3 is 14.2 Å². The number of rotatable bonds is 3. The van der Waals surface area contributed by atoms with Crippen molar-refractivity contribution in [1.82, 2.24) is 4.90 Å². The van der Waals surface area contributed by atoms with Crippen LogP contribution in [0.3, 0.4) is 0 Å². The van der Waals surface area contributed by atoms with Crippen LogP contribution >= 0.6 is 0 Å². The van der Waals surface area contributed by atoms with E-state index in [-0.39, 0.29) is 0 Å². The van der Waals surface area contributed by atoms with E-state index in [1.807, 2.05) is 12.1 Å². The molecule has 1 heterocycles. The SMILES string of the molecule is C=C1c2cc(OC)c(OC)cc2C=CN1C(=O)OCC. The van der Waals surface area contributed by atoms with E-state index >= 15 is 0 Å². The van der Waals surface area contributed by atoms with Crippen LogP contribution in [0.25, 0.3) is 11.8 Å². The summed E-state index contributed by atoms with van der Waals surface area (Å²) in [6, 6.07) is 3.64. The van der Waals surface area contributed by atoms with Crippen LogP contribution < -0.4 is 9.47 Å². The minimum Gasteiger partial charge on any atom is -0.493 e. The highest BCUT2D eigenvalue weighted by Crippen LogP contribution is 2.37. The molecule has 1 aliphatic heterocycles. The van der Waals surface area contributed by atoms with E-state index in [2.05, 4.69) is 6.58 Å². The number of ether oxygens (including phenoxy) is 3. The van der Waals surface area contributed by atoms with Gasteiger partial charge in [-0.3, -0.25) is 4.90 Å². The van der Waals surface area contributed by atoms with Crippen molar-refractivity contribution in [3.05, 3.63) is 36.0 Å². The summed E-state index contributed by atoms with van der Waals surface area (Å²) >= 11 is 0. The highest BCUT2D eigenvalue weighted by molar-refractivity contribution is 5.89. The third-order valence-electron chi connectivity index (χ3n) is 3.03. The number of carbonyl (C=O) groups excluding carboxylic acids is 1. The van der Waals surface area contributed by atoms with Crippen molar-refractivity contribution in [1.29, 1.82) is 0 Å². The van der Waals surface area contributed by atoms with Crippen molar-refractivity contribution in [3.8, 4) is 11.5 Å². The summed E-state index contributed by atoms with van der Waals surface area (Å²) in [5.74, 6) is 1.22. The molecule has 5 heteroatoms. The molecule has 0 spiro atoms. The Morgan fingerprint density at radius 1 is 1.25 bits per heavy atom. The standard InChI is InChI=1S/C15H17NO4/c1-5-20-15(17)16-7-6-11-8-13(18-3)14(19-4)9-12(11)10(16)2/h6-9H,2,5H2,1,3-4H3. The highest BCUT2D eigenvalue weighted by Gasteiger charge is 2.23. The lowest BCUT2D eigenvalue weighted by atomic mass is 10.0. The summed E-state index contributed by atoms with van der Waals surface area (Å²) in [7, 11) is 3.14. The van der Waals surface area contributed by atoms with Crippen LogP contribution in [-0.4, -0.2) is 31.8 Å². The van der Waals surface area contributed by atoms with E-state index in [1.165, 1.54) is 4.90 Å². The molecule has 0 bridgehead atoms. The summed E-state index contributed by atoms with van der Waals surface area (Å²) < 4.78 is 15.5. The Labute approximate surface area is 118 Å². The molecule has 1 aromatic rings. The summed E-state index contributed by atoms with van der Waals surface area (Å²) in [5.41, 5.74) is 2.26. The molecule has 0 saturated heterocycles. The Bertz CT molecular complexity index is 577. The number of amides is 1. The smallest absolute Gasteiger partial charge is 0.418 e. The van der Waals surface area contributed by atoms with E-state index in [0.29, 0.717) is 23.8 Å². The molecule has 5 nitrogen and oxygen atoms in total. The number of fused-ring (bicyclic) bond motifs is 1. The van der Waals surface area contributed by atoms with E-state index in [9.17, 15) is 4.79 Å². The molecular formula is C15H17NO4. The maximum Gasteiger partial charge on any atom is 0.418 e. The lowest BCUT2D eigenvalue weighted by Gasteiger charge is -2.26. The molecular weight excluding hydrogens is 258 g/mol. The first-order valence-electron chi connectivity index (χ1n) is 6.21. The second-order valence-corrected chi connectivity index (χ2v) is 4.13. The second-order valence-electron chi connectivity index (χ2n) is 4.13. The molecule has 1 aromatic carbocycles. The molecule has 2 rings (SSSR count). The molecule has 0 atom stereocenters. The highest BCUT2D eigenvalue weighted by atomic mass is 16.6. The predicted molar refractivity (Wildman–Crippen MR) is 76.5 cm³/mol. The predicted octanol–water partition coefficient (Wildman–Crippen LogP) is 3.12. The van der Waals surface area contributed by atoms with Crippen LogP contribution in [0.4, 0.5) is 4.79 Å². The minimum absolute atomic E-state index is 0.315. The maximum atomic E-state index is 11.8. The van der Waals surface area contributed by atoms with E-state index in [4.69, 9.17) is 14.2 Å². The van der Waals surface area contributed by atoms with Gasteiger partial charge in [0.15, 0.2) is 11.5 Å². The molecule has 0 unspecified atom stereocenters. The van der Waals surface area contributed by atoms with E-state index in [1.54, 1.807) is 33.4 Å². The lowest BCUT2D eigenvalue weighted by Crippen LogP contribution is -2.26. The fourth-order valence-corrected chi connectivity index (χ4v) is 2.02. The summed E-state index contributed by atoms with van der Waals surface area (Å²) in [6.45, 7) is 6.02. The number of benzene rings is 1. The first-order valence-corrected chi connectivity index (χ1v) is 6.21. The van der Waals surface area contributed by atoms with Gasteiger partial charge in [0.2, 0.25) is 0 Å². The summed E-state index contributed by atoms with van der Waals surface area (Å²) in [6.07, 6.45) is 2.99. The van der Waals surface area contributed by atoms with Crippen molar-refractivity contribution >= 4 is 17.9 Å². The molecule has 0 radical (unpaired) electrons. The zero-order chi connectivity index (χ0) is 14.7. The zero-order valence-corrected chi connectivity index (χ0v) is 11.8. The van der Waals surface area contributed by atoms with Crippen molar-refractivity contribution < 1.29 is 19.0 Å². The van der Waals surface area contributed by atoms with Gasteiger partial charge in [-0.2, -0.15) is 0 Å². The van der Waals surface area contributed by atoms with Gasteiger partial charge in [-0.15, -0.1) is 0 Å². The minimum atomic E-state index is -0.450. The Kier molecular flexibility index (Phi) is 3.98. The second kappa shape index (κ2) is 5.69. The fourth-order valence-electron chi connectivity index (χ4n) is 2.02. The monoisotopic (exact) mass is 275 g/mol. The summed E-state index contributed by atoms with van der Waals surface area (Å²) in [4.78, 5) is 13.2. The first-order chi connectivity index (χ1) is 9.62. The lowest BCUT2D eigenvalue weighted by molar-refractivity contribution is 0.135.